The molecule has 0 radical (unpaired) electrons. The van der Waals surface area contributed by atoms with Crippen molar-refractivity contribution in [2.45, 2.75) is 58.3 Å². The molecule has 22 heavy (non-hydrogen) atoms. The minimum atomic E-state index is 0.224. The van der Waals surface area contributed by atoms with Crippen LogP contribution in [0.1, 0.15) is 58.3 Å². The monoisotopic (exact) mass is 309 g/mol. The molecule has 0 aromatic heterocycles. The van der Waals surface area contributed by atoms with Crippen molar-refractivity contribution in [1.82, 2.24) is 9.91 Å². The van der Waals surface area contributed by atoms with E-state index in [1.165, 1.54) is 64.6 Å². The molecule has 0 amide bonds. The van der Waals surface area contributed by atoms with Crippen molar-refractivity contribution in [3.63, 3.8) is 0 Å². The summed E-state index contributed by atoms with van der Waals surface area (Å²) in [7, 11) is 0. The number of hydrogen-bond acceptors (Lipinski definition) is 4. The highest BCUT2D eigenvalue weighted by Crippen LogP contribution is 2.49. The van der Waals surface area contributed by atoms with E-state index in [9.17, 15) is 5.11 Å². The van der Waals surface area contributed by atoms with Gasteiger partial charge in [0.15, 0.2) is 0 Å². The summed E-state index contributed by atoms with van der Waals surface area (Å²) in [6.45, 7) is 8.45. The first-order chi connectivity index (χ1) is 10.6. The summed E-state index contributed by atoms with van der Waals surface area (Å²) >= 11 is 0. The molecule has 3 rings (SSSR count). The first-order valence-corrected chi connectivity index (χ1v) is 9.42. The van der Waals surface area contributed by atoms with Crippen LogP contribution in [0.4, 0.5) is 0 Å². The summed E-state index contributed by atoms with van der Waals surface area (Å²) < 4.78 is 0. The third-order valence-electron chi connectivity index (χ3n) is 7.18. The van der Waals surface area contributed by atoms with Crippen molar-refractivity contribution in [2.24, 2.45) is 22.6 Å². The molecule has 1 unspecified atom stereocenters. The highest BCUT2D eigenvalue weighted by molar-refractivity contribution is 4.94. The molecule has 1 saturated carbocycles. The Kier molecular flexibility index (Phi) is 5.13. The molecular formula is C18H35N3O. The number of likely N-dealkylation sites (tertiary alicyclic amines) is 1. The molecule has 1 atom stereocenters. The Balaban J connectivity index is 1.46. The topological polar surface area (TPSA) is 52.7 Å². The van der Waals surface area contributed by atoms with Crippen molar-refractivity contribution in [3.8, 4) is 0 Å². The predicted octanol–water partition coefficient (Wildman–Crippen LogP) is 2.23. The van der Waals surface area contributed by atoms with Crippen LogP contribution in [0.2, 0.25) is 0 Å². The molecule has 0 bridgehead atoms. The Morgan fingerprint density at radius 1 is 1.05 bits per heavy atom. The van der Waals surface area contributed by atoms with Crippen molar-refractivity contribution in [2.75, 3.05) is 39.3 Å². The molecular weight excluding hydrogens is 274 g/mol. The fourth-order valence-corrected chi connectivity index (χ4v) is 5.13. The van der Waals surface area contributed by atoms with Gasteiger partial charge in [-0.05, 0) is 81.2 Å². The van der Waals surface area contributed by atoms with Crippen LogP contribution < -0.4 is 5.84 Å². The molecule has 3 fully saturated rings. The van der Waals surface area contributed by atoms with Gasteiger partial charge in [0.25, 0.3) is 0 Å². The zero-order chi connectivity index (χ0) is 15.6. The second-order valence-corrected chi connectivity index (χ2v) is 8.46. The molecule has 0 aromatic rings. The largest absolute Gasteiger partial charge is 0.396 e. The average Bonchev–Trinajstić information content (AvgIpc) is 2.94. The molecule has 1 aliphatic carbocycles. The molecule has 1 spiro atoms. The van der Waals surface area contributed by atoms with Gasteiger partial charge in [0.05, 0.1) is 0 Å². The zero-order valence-corrected chi connectivity index (χ0v) is 14.4. The molecule has 3 N–H and O–H groups in total. The van der Waals surface area contributed by atoms with Gasteiger partial charge < -0.3 is 10.0 Å². The van der Waals surface area contributed by atoms with E-state index in [1.54, 1.807) is 0 Å². The van der Waals surface area contributed by atoms with E-state index in [1.807, 2.05) is 5.01 Å². The SMILES string of the molecule is CCC1(CO)CCN(CC2CCC3(CCN(N)CC3)C2)CC1. The van der Waals surface area contributed by atoms with Crippen LogP contribution in [-0.4, -0.2) is 54.3 Å². The maximum Gasteiger partial charge on any atom is 0.0488 e. The summed E-state index contributed by atoms with van der Waals surface area (Å²) in [5, 5.41) is 11.7. The second kappa shape index (κ2) is 6.76. The van der Waals surface area contributed by atoms with Gasteiger partial charge in [-0.2, -0.15) is 0 Å². The number of nitrogens with two attached hydrogens (primary N) is 1. The average molecular weight is 309 g/mol. The predicted molar refractivity (Wildman–Crippen MR) is 90.3 cm³/mol. The Hall–Kier alpha value is -0.160. The molecule has 128 valence electrons. The van der Waals surface area contributed by atoms with Crippen LogP contribution in [0.3, 0.4) is 0 Å². The fourth-order valence-electron chi connectivity index (χ4n) is 5.13. The van der Waals surface area contributed by atoms with Crippen LogP contribution in [0, 0.1) is 16.7 Å². The van der Waals surface area contributed by atoms with Crippen LogP contribution in [0.5, 0.6) is 0 Å². The quantitative estimate of drug-likeness (QED) is 0.782. The summed E-state index contributed by atoms with van der Waals surface area (Å²) in [5.41, 5.74) is 0.843. The van der Waals surface area contributed by atoms with Gasteiger partial charge in [-0.1, -0.05) is 6.92 Å². The lowest BCUT2D eigenvalue weighted by molar-refractivity contribution is 0.0340. The second-order valence-electron chi connectivity index (χ2n) is 8.46. The first kappa shape index (κ1) is 16.7. The van der Waals surface area contributed by atoms with E-state index >= 15 is 0 Å². The van der Waals surface area contributed by atoms with E-state index in [0.29, 0.717) is 12.0 Å². The Morgan fingerprint density at radius 2 is 1.73 bits per heavy atom. The van der Waals surface area contributed by atoms with Gasteiger partial charge in [-0.15, -0.1) is 0 Å². The standard InChI is InChI=1S/C18H35N3O/c1-2-17(15-22)5-9-20(10-6-17)14-16-3-4-18(13-16)7-11-21(19)12-8-18/h16,22H,2-15,19H2,1H3. The summed E-state index contributed by atoms with van der Waals surface area (Å²) in [4.78, 5) is 2.67. The minimum absolute atomic E-state index is 0.224. The number of hydrazine groups is 1. The molecule has 4 nitrogen and oxygen atoms in total. The number of nitrogens with zero attached hydrogens (tertiary/aromatic N) is 2. The van der Waals surface area contributed by atoms with E-state index in [-0.39, 0.29) is 5.41 Å². The van der Waals surface area contributed by atoms with Gasteiger partial charge in [-0.3, -0.25) is 5.84 Å². The third kappa shape index (κ3) is 3.50. The van der Waals surface area contributed by atoms with E-state index < -0.39 is 0 Å². The molecule has 3 aliphatic rings. The van der Waals surface area contributed by atoms with Gasteiger partial charge in [0.2, 0.25) is 0 Å². The smallest absolute Gasteiger partial charge is 0.0488 e. The van der Waals surface area contributed by atoms with Gasteiger partial charge in [-0.25, -0.2) is 5.01 Å². The summed E-state index contributed by atoms with van der Waals surface area (Å²) in [6.07, 6.45) is 10.4. The highest BCUT2D eigenvalue weighted by Gasteiger charge is 2.42. The maximum absolute atomic E-state index is 9.67. The molecule has 2 heterocycles. The first-order valence-electron chi connectivity index (χ1n) is 9.42. The number of aliphatic hydroxyl groups is 1. The number of hydrogen-bond donors (Lipinski definition) is 2. The van der Waals surface area contributed by atoms with E-state index in [2.05, 4.69) is 11.8 Å². The van der Waals surface area contributed by atoms with Crippen molar-refractivity contribution >= 4 is 0 Å². The summed E-state index contributed by atoms with van der Waals surface area (Å²) in [5.74, 6) is 6.82. The lowest BCUT2D eigenvalue weighted by atomic mass is 9.76. The fraction of sp³-hybridized carbons (Fsp3) is 1.00. The van der Waals surface area contributed by atoms with Crippen LogP contribution in [-0.2, 0) is 0 Å². The normalized spacial score (nSPS) is 32.6. The molecule has 2 aliphatic heterocycles. The molecule has 4 heteroatoms. The van der Waals surface area contributed by atoms with Gasteiger partial charge in [0.1, 0.15) is 0 Å². The highest BCUT2D eigenvalue weighted by atomic mass is 16.3. The van der Waals surface area contributed by atoms with Crippen molar-refractivity contribution in [3.05, 3.63) is 0 Å². The Bertz CT molecular complexity index is 351. The van der Waals surface area contributed by atoms with E-state index in [4.69, 9.17) is 5.84 Å². The summed E-state index contributed by atoms with van der Waals surface area (Å²) in [6, 6.07) is 0. The van der Waals surface area contributed by atoms with Gasteiger partial charge in [0, 0.05) is 26.2 Å². The van der Waals surface area contributed by atoms with Crippen LogP contribution in [0.15, 0.2) is 0 Å². The van der Waals surface area contributed by atoms with Crippen LogP contribution >= 0.6 is 0 Å². The van der Waals surface area contributed by atoms with Crippen molar-refractivity contribution < 1.29 is 5.11 Å². The lowest BCUT2D eigenvalue weighted by Gasteiger charge is -2.41. The third-order valence-corrected chi connectivity index (χ3v) is 7.18. The van der Waals surface area contributed by atoms with Crippen LogP contribution in [0.25, 0.3) is 0 Å². The minimum Gasteiger partial charge on any atom is -0.396 e. The van der Waals surface area contributed by atoms with Gasteiger partial charge >= 0.3 is 0 Å². The molecule has 0 aromatic carbocycles. The van der Waals surface area contributed by atoms with E-state index in [0.717, 1.165) is 25.4 Å². The molecule has 2 saturated heterocycles. The maximum atomic E-state index is 9.67. The number of piperidine rings is 2. The number of rotatable bonds is 4. The van der Waals surface area contributed by atoms with Crippen molar-refractivity contribution in [1.29, 1.82) is 0 Å². The Labute approximate surface area is 136 Å². The number of aliphatic hydroxyl groups excluding tert-OH is 1. The Morgan fingerprint density at radius 3 is 2.32 bits per heavy atom. The zero-order valence-electron chi connectivity index (χ0n) is 14.4. The lowest BCUT2D eigenvalue weighted by Crippen LogP contribution is -2.44.